The zero-order valence-corrected chi connectivity index (χ0v) is 13.6. The molecule has 1 aromatic heterocycles. The first-order valence-corrected chi connectivity index (χ1v) is 8.43. The molecule has 1 aromatic carbocycles. The molecule has 2 aliphatic rings. The number of hydrogen-bond donors (Lipinski definition) is 1. The van der Waals surface area contributed by atoms with Crippen molar-refractivity contribution in [1.82, 2.24) is 9.47 Å². The number of nitrogens with one attached hydrogen (secondary N) is 1. The van der Waals surface area contributed by atoms with Gasteiger partial charge in [-0.2, -0.15) is 0 Å². The third-order valence-electron chi connectivity index (χ3n) is 4.76. The molecule has 2 bridgehead atoms. The monoisotopic (exact) mass is 325 g/mol. The number of rotatable bonds is 1. The molecule has 118 valence electrons. The highest BCUT2D eigenvalue weighted by molar-refractivity contribution is 7.80. The van der Waals surface area contributed by atoms with Gasteiger partial charge in [0.25, 0.3) is 5.56 Å². The summed E-state index contributed by atoms with van der Waals surface area (Å²) in [6, 6.07) is 15.8. The van der Waals surface area contributed by atoms with Crippen molar-refractivity contribution in [3.8, 4) is 0 Å². The second-order valence-corrected chi connectivity index (χ2v) is 6.77. The first-order chi connectivity index (χ1) is 11.2. The Morgan fingerprint density at radius 1 is 1.09 bits per heavy atom. The van der Waals surface area contributed by atoms with Gasteiger partial charge in [-0.15, -0.1) is 0 Å². The van der Waals surface area contributed by atoms with Gasteiger partial charge in [-0.25, -0.2) is 0 Å². The van der Waals surface area contributed by atoms with E-state index in [4.69, 9.17) is 12.2 Å². The molecule has 0 saturated carbocycles. The number of thiocarbonyl (C=S) groups is 1. The number of hydrogen-bond acceptors (Lipinski definition) is 2. The minimum absolute atomic E-state index is 0.106. The molecule has 0 amide bonds. The van der Waals surface area contributed by atoms with Gasteiger partial charge in [-0.3, -0.25) is 4.79 Å². The van der Waals surface area contributed by atoms with E-state index in [0.717, 1.165) is 36.7 Å². The normalized spacial score (nSPS) is 22.3. The Kier molecular flexibility index (Phi) is 3.65. The maximum atomic E-state index is 12.2. The lowest BCUT2D eigenvalue weighted by Gasteiger charge is -2.44. The fourth-order valence-electron chi connectivity index (χ4n) is 3.82. The maximum absolute atomic E-state index is 12.2. The van der Waals surface area contributed by atoms with Crippen LogP contribution in [0.1, 0.15) is 18.2 Å². The maximum Gasteiger partial charge on any atom is 0.251 e. The summed E-state index contributed by atoms with van der Waals surface area (Å²) in [6.45, 7) is 1.75. The average Bonchev–Trinajstić information content (AvgIpc) is 2.55. The Morgan fingerprint density at radius 2 is 1.91 bits per heavy atom. The Hall–Kier alpha value is -2.14. The molecular formula is C18H19N3OS. The van der Waals surface area contributed by atoms with Gasteiger partial charge in [0.1, 0.15) is 0 Å². The summed E-state index contributed by atoms with van der Waals surface area (Å²) < 4.78 is 1.97. The van der Waals surface area contributed by atoms with E-state index in [9.17, 15) is 4.79 Å². The first-order valence-electron chi connectivity index (χ1n) is 8.02. The summed E-state index contributed by atoms with van der Waals surface area (Å²) in [6.07, 6.45) is 2.03. The molecule has 2 atom stereocenters. The number of para-hydroxylation sites is 1. The van der Waals surface area contributed by atoms with Crippen LogP contribution in [0.25, 0.3) is 0 Å². The number of pyridine rings is 1. The molecule has 4 rings (SSSR count). The summed E-state index contributed by atoms with van der Waals surface area (Å²) in [7, 11) is 0. The highest BCUT2D eigenvalue weighted by atomic mass is 32.1. The van der Waals surface area contributed by atoms with E-state index in [1.165, 1.54) is 5.69 Å². The lowest BCUT2D eigenvalue weighted by atomic mass is 9.86. The van der Waals surface area contributed by atoms with E-state index < -0.39 is 0 Å². The van der Waals surface area contributed by atoms with Crippen molar-refractivity contribution < 1.29 is 0 Å². The molecule has 1 saturated heterocycles. The predicted octanol–water partition coefficient (Wildman–Crippen LogP) is 2.66. The van der Waals surface area contributed by atoms with E-state index in [-0.39, 0.29) is 11.6 Å². The van der Waals surface area contributed by atoms with Crippen LogP contribution in [0, 0.1) is 5.92 Å². The molecule has 1 N–H and O–H groups in total. The summed E-state index contributed by atoms with van der Waals surface area (Å²) in [5.74, 6) is 0.561. The third kappa shape index (κ3) is 2.77. The van der Waals surface area contributed by atoms with Gasteiger partial charge in [0.2, 0.25) is 0 Å². The van der Waals surface area contributed by atoms with E-state index in [2.05, 4.69) is 16.3 Å². The zero-order valence-electron chi connectivity index (χ0n) is 12.8. The molecular weight excluding hydrogens is 306 g/mol. The van der Waals surface area contributed by atoms with Crippen molar-refractivity contribution in [2.75, 3.05) is 18.4 Å². The van der Waals surface area contributed by atoms with Crippen LogP contribution in [0.15, 0.2) is 53.3 Å². The molecule has 0 spiro atoms. The number of aromatic nitrogens is 1. The van der Waals surface area contributed by atoms with Gasteiger partial charge in [0, 0.05) is 30.5 Å². The molecule has 3 heterocycles. The van der Waals surface area contributed by atoms with Crippen LogP contribution in [0.5, 0.6) is 0 Å². The molecule has 0 unspecified atom stereocenters. The van der Waals surface area contributed by atoms with Gasteiger partial charge in [0.05, 0.1) is 6.04 Å². The third-order valence-corrected chi connectivity index (χ3v) is 5.12. The van der Waals surface area contributed by atoms with Gasteiger partial charge >= 0.3 is 0 Å². The molecule has 2 aromatic rings. The van der Waals surface area contributed by atoms with Gasteiger partial charge in [0.15, 0.2) is 5.11 Å². The van der Waals surface area contributed by atoms with Gasteiger partial charge in [-0.05, 0) is 49.2 Å². The number of benzene rings is 1. The Bertz CT molecular complexity index is 786. The smallest absolute Gasteiger partial charge is 0.251 e. The van der Waals surface area contributed by atoms with Crippen molar-refractivity contribution in [2.45, 2.75) is 18.9 Å². The lowest BCUT2D eigenvalue weighted by Crippen LogP contribution is -2.51. The fourth-order valence-corrected chi connectivity index (χ4v) is 4.09. The van der Waals surface area contributed by atoms with Crippen LogP contribution >= 0.6 is 12.2 Å². The van der Waals surface area contributed by atoms with Crippen molar-refractivity contribution in [2.24, 2.45) is 5.92 Å². The molecule has 5 heteroatoms. The Balaban J connectivity index is 1.55. The molecule has 23 heavy (non-hydrogen) atoms. The molecule has 1 fully saturated rings. The SMILES string of the molecule is O=c1cccc2n1[C@H]1C[C@H](C2)CN(C(=S)Nc2ccccc2)C1. The van der Waals surface area contributed by atoms with Crippen LogP contribution in [-0.2, 0) is 6.42 Å². The average molecular weight is 325 g/mol. The lowest BCUT2D eigenvalue weighted by molar-refractivity contribution is 0.163. The summed E-state index contributed by atoms with van der Waals surface area (Å²) in [5.41, 5.74) is 2.28. The van der Waals surface area contributed by atoms with E-state index in [1.54, 1.807) is 6.07 Å². The first kappa shape index (κ1) is 14.5. The van der Waals surface area contributed by atoms with Crippen LogP contribution < -0.4 is 10.9 Å². The minimum Gasteiger partial charge on any atom is -0.347 e. The predicted molar refractivity (Wildman–Crippen MR) is 95.8 cm³/mol. The number of piperidine rings is 1. The number of anilines is 1. The summed E-state index contributed by atoms with van der Waals surface area (Å²) in [4.78, 5) is 14.4. The highest BCUT2D eigenvalue weighted by Gasteiger charge is 2.35. The van der Waals surface area contributed by atoms with Crippen LogP contribution in [-0.4, -0.2) is 27.7 Å². The van der Waals surface area contributed by atoms with Crippen molar-refractivity contribution >= 4 is 23.0 Å². The largest absolute Gasteiger partial charge is 0.347 e. The second-order valence-electron chi connectivity index (χ2n) is 6.39. The van der Waals surface area contributed by atoms with Crippen LogP contribution in [0.2, 0.25) is 0 Å². The molecule has 2 aliphatic heterocycles. The van der Waals surface area contributed by atoms with Crippen molar-refractivity contribution in [3.05, 3.63) is 64.6 Å². The quantitative estimate of drug-likeness (QED) is 0.818. The zero-order chi connectivity index (χ0) is 15.8. The summed E-state index contributed by atoms with van der Waals surface area (Å²) in [5, 5.41) is 4.06. The van der Waals surface area contributed by atoms with Gasteiger partial charge in [-0.1, -0.05) is 24.3 Å². The number of likely N-dealkylation sites (tertiary alicyclic amines) is 1. The molecule has 4 nitrogen and oxygen atoms in total. The summed E-state index contributed by atoms with van der Waals surface area (Å²) >= 11 is 5.59. The number of fused-ring (bicyclic) bond motifs is 4. The number of nitrogens with zero attached hydrogens (tertiary/aromatic N) is 2. The van der Waals surface area contributed by atoms with Crippen molar-refractivity contribution in [3.63, 3.8) is 0 Å². The standard InChI is InChI=1S/C18H19N3OS/c22-17-8-4-7-15-9-13-10-16(21(15)17)12-20(11-13)18(23)19-14-5-2-1-3-6-14/h1-8,13,16H,9-12H2,(H,19,23)/t13-,16-/m0/s1. The van der Waals surface area contributed by atoms with Crippen molar-refractivity contribution in [1.29, 1.82) is 0 Å². The van der Waals surface area contributed by atoms with E-state index in [0.29, 0.717) is 5.92 Å². The van der Waals surface area contributed by atoms with Crippen LogP contribution in [0.3, 0.4) is 0 Å². The Labute approximate surface area is 140 Å². The topological polar surface area (TPSA) is 37.3 Å². The fraction of sp³-hybridized carbons (Fsp3) is 0.333. The molecule has 0 radical (unpaired) electrons. The van der Waals surface area contributed by atoms with E-state index in [1.807, 2.05) is 41.0 Å². The Morgan fingerprint density at radius 3 is 2.74 bits per heavy atom. The van der Waals surface area contributed by atoms with Crippen LogP contribution in [0.4, 0.5) is 5.69 Å². The molecule has 0 aliphatic carbocycles. The minimum atomic E-state index is 0.106. The van der Waals surface area contributed by atoms with Gasteiger partial charge < -0.3 is 14.8 Å². The van der Waals surface area contributed by atoms with E-state index >= 15 is 0 Å². The highest BCUT2D eigenvalue weighted by Crippen LogP contribution is 2.33. The second kappa shape index (κ2) is 5.81.